The van der Waals surface area contributed by atoms with Crippen LogP contribution in [-0.4, -0.2) is 70.2 Å². The van der Waals surface area contributed by atoms with Crippen LogP contribution in [-0.2, 0) is 9.59 Å². The van der Waals surface area contributed by atoms with Crippen LogP contribution in [0, 0.1) is 11.8 Å². The fraction of sp³-hybridized carbons (Fsp3) is 0.292. The molecule has 2 unspecified atom stereocenters. The van der Waals surface area contributed by atoms with Gasteiger partial charge in [-0.1, -0.05) is 6.07 Å². The Bertz CT molecular complexity index is 1110. The Morgan fingerprint density at radius 1 is 0.969 bits per heavy atom. The minimum atomic E-state index is -1.26. The highest BCUT2D eigenvalue weighted by molar-refractivity contribution is 5.89. The van der Waals surface area contributed by atoms with E-state index in [1.54, 1.807) is 0 Å². The van der Waals surface area contributed by atoms with Gasteiger partial charge in [-0.15, -0.1) is 0 Å². The van der Waals surface area contributed by atoms with E-state index in [2.05, 4.69) is 58.2 Å². The molecule has 2 aliphatic heterocycles. The molecule has 166 valence electrons. The van der Waals surface area contributed by atoms with Crippen LogP contribution in [0.1, 0.15) is 0 Å². The lowest BCUT2D eigenvalue weighted by Gasteiger charge is -2.20. The molecule has 0 bridgehead atoms. The summed E-state index contributed by atoms with van der Waals surface area (Å²) >= 11 is 0. The van der Waals surface area contributed by atoms with Crippen molar-refractivity contribution in [2.24, 2.45) is 11.8 Å². The summed E-state index contributed by atoms with van der Waals surface area (Å²) < 4.78 is 0. The Hall–Kier alpha value is -3.65. The first kappa shape index (κ1) is 21.6. The average Bonchev–Trinajstić information content (AvgIpc) is 3.47. The molecule has 0 radical (unpaired) electrons. The first-order chi connectivity index (χ1) is 15.4. The summed E-state index contributed by atoms with van der Waals surface area (Å²) in [5.74, 6) is 0.235. The molecule has 3 aromatic rings. The number of aliphatic carboxylic acids is 2. The Balaban J connectivity index is 0.000000265. The van der Waals surface area contributed by atoms with Gasteiger partial charge in [-0.05, 0) is 60.2 Å². The van der Waals surface area contributed by atoms with E-state index in [0.717, 1.165) is 30.7 Å². The fourth-order valence-electron chi connectivity index (χ4n) is 4.53. The van der Waals surface area contributed by atoms with E-state index >= 15 is 0 Å². The van der Waals surface area contributed by atoms with Crippen LogP contribution in [0.15, 0.2) is 60.9 Å². The second kappa shape index (κ2) is 9.23. The normalized spacial score (nSPS) is 20.3. The van der Waals surface area contributed by atoms with Crippen molar-refractivity contribution in [1.82, 2.24) is 14.9 Å². The molecule has 2 saturated heterocycles. The van der Waals surface area contributed by atoms with Gasteiger partial charge >= 0.3 is 11.9 Å². The number of carbonyl (C=O) groups is 2. The van der Waals surface area contributed by atoms with Crippen LogP contribution < -0.4 is 4.90 Å². The lowest BCUT2D eigenvalue weighted by molar-refractivity contribution is -0.134. The summed E-state index contributed by atoms with van der Waals surface area (Å²) in [4.78, 5) is 32.0. The summed E-state index contributed by atoms with van der Waals surface area (Å²) in [6.45, 7) is 4.76. The molecule has 2 atom stereocenters. The molecule has 0 amide bonds. The summed E-state index contributed by atoms with van der Waals surface area (Å²) in [5.41, 5.74) is 3.58. The molecule has 3 N–H and O–H groups in total. The van der Waals surface area contributed by atoms with Crippen molar-refractivity contribution in [1.29, 1.82) is 0 Å². The van der Waals surface area contributed by atoms with Crippen molar-refractivity contribution in [3.8, 4) is 11.1 Å². The van der Waals surface area contributed by atoms with Gasteiger partial charge in [0, 0.05) is 61.8 Å². The van der Waals surface area contributed by atoms with E-state index in [1.807, 2.05) is 12.4 Å². The number of carboxylic acid groups (broad SMARTS) is 2. The van der Waals surface area contributed by atoms with Crippen molar-refractivity contribution in [3.05, 3.63) is 60.9 Å². The highest BCUT2D eigenvalue weighted by atomic mass is 16.4. The largest absolute Gasteiger partial charge is 0.478 e. The van der Waals surface area contributed by atoms with E-state index in [-0.39, 0.29) is 0 Å². The number of nitrogens with one attached hydrogen (secondary N) is 1. The fourth-order valence-corrected chi connectivity index (χ4v) is 4.53. The summed E-state index contributed by atoms with van der Waals surface area (Å²) in [7, 11) is 2.23. The van der Waals surface area contributed by atoms with Crippen LogP contribution in [0.5, 0.6) is 0 Å². The third-order valence-corrected chi connectivity index (χ3v) is 6.00. The van der Waals surface area contributed by atoms with Gasteiger partial charge in [-0.2, -0.15) is 0 Å². The van der Waals surface area contributed by atoms with Crippen LogP contribution >= 0.6 is 0 Å². The van der Waals surface area contributed by atoms with E-state index in [9.17, 15) is 9.59 Å². The van der Waals surface area contributed by atoms with Crippen molar-refractivity contribution in [2.45, 2.75) is 0 Å². The number of anilines is 1. The highest BCUT2D eigenvalue weighted by Crippen LogP contribution is 2.33. The highest BCUT2D eigenvalue weighted by Gasteiger charge is 2.38. The SMILES string of the molecule is CN1CC2CN(c3ccc(-c4ccc5[nH]ccc5c4)cn3)CC2C1.O=C(O)C=CC(=O)O. The molecular formula is C24H26N4O4. The van der Waals surface area contributed by atoms with Gasteiger partial charge in [0.25, 0.3) is 0 Å². The number of nitrogens with zero attached hydrogens (tertiary/aromatic N) is 3. The molecular weight excluding hydrogens is 408 g/mol. The van der Waals surface area contributed by atoms with Gasteiger partial charge in [0.1, 0.15) is 5.82 Å². The van der Waals surface area contributed by atoms with E-state index in [1.165, 1.54) is 35.1 Å². The molecule has 4 heterocycles. The van der Waals surface area contributed by atoms with Crippen LogP contribution in [0.4, 0.5) is 5.82 Å². The summed E-state index contributed by atoms with van der Waals surface area (Å²) in [6, 6.07) is 13.0. The molecule has 0 saturated carbocycles. The first-order valence-corrected chi connectivity index (χ1v) is 10.5. The number of carboxylic acids is 2. The smallest absolute Gasteiger partial charge is 0.328 e. The van der Waals surface area contributed by atoms with Gasteiger partial charge in [0.05, 0.1) is 0 Å². The maximum absolute atomic E-state index is 9.55. The van der Waals surface area contributed by atoms with Crippen molar-refractivity contribution >= 4 is 28.7 Å². The molecule has 8 heteroatoms. The van der Waals surface area contributed by atoms with Crippen LogP contribution in [0.2, 0.25) is 0 Å². The third kappa shape index (κ3) is 4.97. The van der Waals surface area contributed by atoms with Gasteiger partial charge < -0.3 is 25.0 Å². The molecule has 2 aromatic heterocycles. The van der Waals surface area contributed by atoms with Crippen molar-refractivity contribution in [3.63, 3.8) is 0 Å². The predicted octanol–water partition coefficient (Wildman–Crippen LogP) is 2.94. The molecule has 32 heavy (non-hydrogen) atoms. The second-order valence-corrected chi connectivity index (χ2v) is 8.34. The molecule has 8 nitrogen and oxygen atoms in total. The maximum atomic E-state index is 9.55. The number of pyridine rings is 1. The first-order valence-electron chi connectivity index (χ1n) is 10.5. The lowest BCUT2D eigenvalue weighted by Crippen LogP contribution is -2.27. The maximum Gasteiger partial charge on any atom is 0.328 e. The molecule has 0 aliphatic carbocycles. The predicted molar refractivity (Wildman–Crippen MR) is 123 cm³/mol. The molecule has 0 spiro atoms. The molecule has 2 fully saturated rings. The van der Waals surface area contributed by atoms with Gasteiger partial charge in [-0.25, -0.2) is 14.6 Å². The number of aromatic amines is 1. The van der Waals surface area contributed by atoms with Crippen LogP contribution in [0.25, 0.3) is 22.0 Å². The van der Waals surface area contributed by atoms with Gasteiger partial charge in [0.15, 0.2) is 0 Å². The summed E-state index contributed by atoms with van der Waals surface area (Å²) in [6.07, 6.45) is 5.12. The monoisotopic (exact) mass is 434 g/mol. The zero-order valence-electron chi connectivity index (χ0n) is 17.8. The molecule has 1 aromatic carbocycles. The molecule has 2 aliphatic rings. The Kier molecular flexibility index (Phi) is 6.23. The van der Waals surface area contributed by atoms with E-state index in [0.29, 0.717) is 12.2 Å². The topological polar surface area (TPSA) is 110 Å². The van der Waals surface area contributed by atoms with Crippen molar-refractivity contribution < 1.29 is 19.8 Å². The Morgan fingerprint density at radius 3 is 2.22 bits per heavy atom. The number of hydrogen-bond donors (Lipinski definition) is 3. The van der Waals surface area contributed by atoms with E-state index < -0.39 is 11.9 Å². The number of fused-ring (bicyclic) bond motifs is 2. The number of aromatic nitrogens is 2. The Morgan fingerprint density at radius 2 is 1.62 bits per heavy atom. The molecule has 5 rings (SSSR count). The third-order valence-electron chi connectivity index (χ3n) is 6.00. The zero-order chi connectivity index (χ0) is 22.7. The zero-order valence-corrected chi connectivity index (χ0v) is 17.8. The number of likely N-dealkylation sites (tertiary alicyclic amines) is 1. The van der Waals surface area contributed by atoms with Crippen LogP contribution in [0.3, 0.4) is 0 Å². The van der Waals surface area contributed by atoms with Crippen molar-refractivity contribution in [2.75, 3.05) is 38.1 Å². The van der Waals surface area contributed by atoms with Gasteiger partial charge in [-0.3, -0.25) is 0 Å². The number of benzene rings is 1. The minimum Gasteiger partial charge on any atom is -0.478 e. The number of hydrogen-bond acceptors (Lipinski definition) is 5. The second-order valence-electron chi connectivity index (χ2n) is 8.34. The van der Waals surface area contributed by atoms with Gasteiger partial charge in [0.2, 0.25) is 0 Å². The summed E-state index contributed by atoms with van der Waals surface area (Å²) in [5, 5.41) is 16.9. The lowest BCUT2D eigenvalue weighted by atomic mass is 10.0. The minimum absolute atomic E-state index is 0.558. The quantitative estimate of drug-likeness (QED) is 0.542. The average molecular weight is 434 g/mol. The van der Waals surface area contributed by atoms with E-state index in [4.69, 9.17) is 15.2 Å². The Labute approximate surface area is 185 Å². The standard InChI is InChI=1S/C20H22N4.C4H4O4/c1-23-10-17-12-24(13-18(17)11-23)20-5-3-16(9-22-20)14-2-4-19-15(8-14)6-7-21-19;5-3(6)1-2-4(7)8/h2-9,17-18,21H,10-13H2,1H3;1-2H,(H,5,6)(H,7,8). The number of H-pyrrole nitrogens is 1. The number of rotatable bonds is 4.